The van der Waals surface area contributed by atoms with Crippen LogP contribution < -0.4 is 4.74 Å². The number of benzene rings is 1. The van der Waals surface area contributed by atoms with Gasteiger partial charge in [0, 0.05) is 0 Å². The first kappa shape index (κ1) is 18.8. The Kier molecular flexibility index (Phi) is 8.15. The number of rotatable bonds is 10. The van der Waals surface area contributed by atoms with Crippen LogP contribution in [-0.2, 0) is 6.42 Å². The van der Waals surface area contributed by atoms with Gasteiger partial charge in [-0.05, 0) is 74.0 Å². The topological polar surface area (TPSA) is 9.23 Å². The number of hydrogen-bond acceptors (Lipinski definition) is 1. The van der Waals surface area contributed by atoms with Gasteiger partial charge in [0.1, 0.15) is 12.4 Å². The third-order valence-corrected chi connectivity index (χ3v) is 5.30. The molecule has 1 aromatic carbocycles. The van der Waals surface area contributed by atoms with Gasteiger partial charge in [0.15, 0.2) is 0 Å². The molecule has 1 saturated carbocycles. The molecule has 1 aliphatic carbocycles. The van der Waals surface area contributed by atoms with Crippen molar-refractivity contribution in [2.75, 3.05) is 6.61 Å². The molecule has 1 aromatic rings. The van der Waals surface area contributed by atoms with Gasteiger partial charge in [-0.1, -0.05) is 50.6 Å². The lowest BCUT2D eigenvalue weighted by Gasteiger charge is -2.29. The third-order valence-electron chi connectivity index (χ3n) is 5.30. The van der Waals surface area contributed by atoms with E-state index in [1.54, 1.807) is 0 Å². The van der Waals surface area contributed by atoms with Gasteiger partial charge < -0.3 is 4.74 Å². The van der Waals surface area contributed by atoms with E-state index in [4.69, 9.17) is 4.74 Å². The molecule has 1 fully saturated rings. The van der Waals surface area contributed by atoms with E-state index in [1.165, 1.54) is 56.1 Å². The molecule has 0 spiro atoms. The Balaban J connectivity index is 1.95. The van der Waals surface area contributed by atoms with Crippen LogP contribution in [0.3, 0.4) is 0 Å². The second-order valence-corrected chi connectivity index (χ2v) is 7.15. The number of ether oxygens (including phenoxy) is 1. The maximum Gasteiger partial charge on any atom is 0.122 e. The van der Waals surface area contributed by atoms with E-state index in [0.29, 0.717) is 6.61 Å². The molecule has 1 nitrogen and oxygen atoms in total. The summed E-state index contributed by atoms with van der Waals surface area (Å²) in [6.07, 6.45) is 15.5. The largest absolute Gasteiger partial charge is 0.489 e. The lowest BCUT2D eigenvalue weighted by Crippen LogP contribution is -2.13. The fourth-order valence-electron chi connectivity index (χ4n) is 3.94. The Hall–Kier alpha value is -1.50. The van der Waals surface area contributed by atoms with Crippen molar-refractivity contribution in [1.29, 1.82) is 0 Å². The first-order chi connectivity index (χ1) is 11.8. The van der Waals surface area contributed by atoms with E-state index < -0.39 is 0 Å². The highest BCUT2D eigenvalue weighted by molar-refractivity contribution is 5.39. The zero-order chi connectivity index (χ0) is 17.2. The highest BCUT2D eigenvalue weighted by Gasteiger charge is 2.22. The van der Waals surface area contributed by atoms with Crippen molar-refractivity contribution in [1.82, 2.24) is 0 Å². The van der Waals surface area contributed by atoms with E-state index in [0.717, 1.165) is 30.4 Å². The van der Waals surface area contributed by atoms with Crippen LogP contribution in [0.15, 0.2) is 43.5 Å². The Labute approximate surface area is 148 Å². The van der Waals surface area contributed by atoms with Crippen LogP contribution in [0.25, 0.3) is 0 Å². The summed E-state index contributed by atoms with van der Waals surface area (Å²) in [6.45, 7) is 10.4. The molecular weight excluding hydrogens is 292 g/mol. The SMILES string of the molecule is C=CCCC[C@H]1CC[C@H](c2ccc(OCC=C)c(CCC)c2)CC1. The van der Waals surface area contributed by atoms with Crippen LogP contribution in [0.1, 0.15) is 75.3 Å². The first-order valence-corrected chi connectivity index (χ1v) is 9.75. The summed E-state index contributed by atoms with van der Waals surface area (Å²) in [5.41, 5.74) is 2.89. The van der Waals surface area contributed by atoms with Gasteiger partial charge in [-0.25, -0.2) is 0 Å². The van der Waals surface area contributed by atoms with Gasteiger partial charge in [0.05, 0.1) is 0 Å². The molecule has 24 heavy (non-hydrogen) atoms. The molecule has 0 aliphatic heterocycles. The monoisotopic (exact) mass is 326 g/mol. The van der Waals surface area contributed by atoms with Crippen molar-refractivity contribution >= 4 is 0 Å². The van der Waals surface area contributed by atoms with Gasteiger partial charge in [-0.3, -0.25) is 0 Å². The maximum absolute atomic E-state index is 5.83. The van der Waals surface area contributed by atoms with E-state index in [1.807, 2.05) is 6.08 Å². The average molecular weight is 327 g/mol. The molecule has 0 saturated heterocycles. The number of allylic oxidation sites excluding steroid dienone is 1. The predicted molar refractivity (Wildman–Crippen MR) is 105 cm³/mol. The molecule has 0 radical (unpaired) electrons. The smallest absolute Gasteiger partial charge is 0.122 e. The van der Waals surface area contributed by atoms with Gasteiger partial charge in [-0.15, -0.1) is 6.58 Å². The lowest BCUT2D eigenvalue weighted by molar-refractivity contribution is 0.305. The molecule has 2 rings (SSSR count). The van der Waals surface area contributed by atoms with Crippen molar-refractivity contribution in [2.45, 2.75) is 70.6 Å². The van der Waals surface area contributed by atoms with Crippen LogP contribution in [0, 0.1) is 5.92 Å². The fourth-order valence-corrected chi connectivity index (χ4v) is 3.94. The van der Waals surface area contributed by atoms with Gasteiger partial charge in [-0.2, -0.15) is 0 Å². The van der Waals surface area contributed by atoms with Crippen LogP contribution >= 0.6 is 0 Å². The van der Waals surface area contributed by atoms with E-state index in [2.05, 4.69) is 44.4 Å². The van der Waals surface area contributed by atoms with Crippen molar-refractivity contribution in [3.8, 4) is 5.75 Å². The number of unbranched alkanes of at least 4 members (excludes halogenated alkanes) is 1. The summed E-state index contributed by atoms with van der Waals surface area (Å²) < 4.78 is 5.83. The van der Waals surface area contributed by atoms with E-state index in [9.17, 15) is 0 Å². The first-order valence-electron chi connectivity index (χ1n) is 9.75. The lowest BCUT2D eigenvalue weighted by atomic mass is 9.76. The zero-order valence-corrected chi connectivity index (χ0v) is 15.4. The minimum Gasteiger partial charge on any atom is -0.489 e. The summed E-state index contributed by atoms with van der Waals surface area (Å²) in [4.78, 5) is 0. The van der Waals surface area contributed by atoms with Crippen molar-refractivity contribution in [3.63, 3.8) is 0 Å². The van der Waals surface area contributed by atoms with Crippen molar-refractivity contribution in [2.24, 2.45) is 5.92 Å². The van der Waals surface area contributed by atoms with E-state index in [-0.39, 0.29) is 0 Å². The second-order valence-electron chi connectivity index (χ2n) is 7.15. The third kappa shape index (κ3) is 5.54. The quantitative estimate of drug-likeness (QED) is 0.338. The van der Waals surface area contributed by atoms with Crippen molar-refractivity contribution in [3.05, 3.63) is 54.6 Å². The minimum absolute atomic E-state index is 0.589. The predicted octanol–water partition coefficient (Wildman–Crippen LogP) is 6.83. The zero-order valence-electron chi connectivity index (χ0n) is 15.4. The summed E-state index contributed by atoms with van der Waals surface area (Å²) in [6, 6.07) is 6.88. The highest BCUT2D eigenvalue weighted by atomic mass is 16.5. The molecule has 1 aliphatic rings. The van der Waals surface area contributed by atoms with Crippen LogP contribution in [0.5, 0.6) is 5.75 Å². The molecule has 0 amide bonds. The standard InChI is InChI=1S/C23H34O/c1-4-7-8-10-19-11-13-20(14-12-19)21-15-16-23(24-17-6-3)22(18-21)9-5-2/h4,6,15-16,18-20H,1,3,5,7-14,17H2,2H3/t19-,20-. The summed E-state index contributed by atoms with van der Waals surface area (Å²) >= 11 is 0. The Morgan fingerprint density at radius 3 is 2.58 bits per heavy atom. The maximum atomic E-state index is 5.83. The fraction of sp³-hybridized carbons (Fsp3) is 0.565. The van der Waals surface area contributed by atoms with Gasteiger partial charge in [0.2, 0.25) is 0 Å². The molecule has 0 N–H and O–H groups in total. The molecule has 0 heterocycles. The van der Waals surface area contributed by atoms with E-state index >= 15 is 0 Å². The van der Waals surface area contributed by atoms with Gasteiger partial charge >= 0.3 is 0 Å². The van der Waals surface area contributed by atoms with Crippen molar-refractivity contribution < 1.29 is 4.74 Å². The molecule has 0 atom stereocenters. The molecule has 0 unspecified atom stereocenters. The number of aryl methyl sites for hydroxylation is 1. The van der Waals surface area contributed by atoms with Crippen LogP contribution in [0.2, 0.25) is 0 Å². The Morgan fingerprint density at radius 2 is 1.92 bits per heavy atom. The molecule has 0 aromatic heterocycles. The highest BCUT2D eigenvalue weighted by Crippen LogP contribution is 2.39. The molecular formula is C23H34O. The summed E-state index contributed by atoms with van der Waals surface area (Å²) in [5.74, 6) is 2.72. The summed E-state index contributed by atoms with van der Waals surface area (Å²) in [5, 5.41) is 0. The van der Waals surface area contributed by atoms with Crippen LogP contribution in [-0.4, -0.2) is 6.61 Å². The van der Waals surface area contributed by atoms with Gasteiger partial charge in [0.25, 0.3) is 0 Å². The average Bonchev–Trinajstić information content (AvgIpc) is 2.62. The molecule has 1 heteroatoms. The Bertz CT molecular complexity index is 509. The number of hydrogen-bond donors (Lipinski definition) is 0. The minimum atomic E-state index is 0.589. The summed E-state index contributed by atoms with van der Waals surface area (Å²) in [7, 11) is 0. The molecule has 0 bridgehead atoms. The normalized spacial score (nSPS) is 20.5. The second kappa shape index (κ2) is 10.4. The Morgan fingerprint density at radius 1 is 1.12 bits per heavy atom. The molecule has 132 valence electrons. The van der Waals surface area contributed by atoms with Crippen LogP contribution in [0.4, 0.5) is 0 Å².